The number of urea groups is 1. The largest absolute Gasteiger partial charge is 0.376 e. The van der Waals surface area contributed by atoms with Crippen molar-refractivity contribution in [3.05, 3.63) is 16.1 Å². The quantitative estimate of drug-likeness (QED) is 0.852. The number of amides is 2. The lowest BCUT2D eigenvalue weighted by molar-refractivity contribution is 0.109. The summed E-state index contributed by atoms with van der Waals surface area (Å²) in [6, 6.07) is 0.0638. The van der Waals surface area contributed by atoms with E-state index in [-0.39, 0.29) is 12.1 Å². The molecule has 1 N–H and O–H groups in total. The summed E-state index contributed by atoms with van der Waals surface area (Å²) < 4.78 is 5.56. The van der Waals surface area contributed by atoms with Gasteiger partial charge in [-0.25, -0.2) is 9.78 Å². The molecule has 2 aliphatic rings. The molecular formula is C17H28N4O2S. The second kappa shape index (κ2) is 8.27. The number of aromatic nitrogens is 1. The van der Waals surface area contributed by atoms with E-state index in [9.17, 15) is 4.79 Å². The predicted molar refractivity (Wildman–Crippen MR) is 95.2 cm³/mol. The highest BCUT2D eigenvalue weighted by Gasteiger charge is 2.27. The zero-order valence-corrected chi connectivity index (χ0v) is 15.5. The molecule has 2 saturated heterocycles. The van der Waals surface area contributed by atoms with Crippen LogP contribution in [0, 0.1) is 12.8 Å². The molecule has 0 unspecified atom stereocenters. The summed E-state index contributed by atoms with van der Waals surface area (Å²) in [6.07, 6.45) is 3.46. The Morgan fingerprint density at radius 2 is 2.42 bits per heavy atom. The van der Waals surface area contributed by atoms with E-state index in [1.54, 1.807) is 11.3 Å². The third-order valence-electron chi connectivity index (χ3n) is 4.91. The number of nitrogens with zero attached hydrogens (tertiary/aromatic N) is 3. The van der Waals surface area contributed by atoms with Gasteiger partial charge in [-0.15, -0.1) is 11.3 Å². The summed E-state index contributed by atoms with van der Waals surface area (Å²) in [4.78, 5) is 22.2. The van der Waals surface area contributed by atoms with Crippen LogP contribution in [0.2, 0.25) is 0 Å². The number of hydrogen-bond acceptors (Lipinski definition) is 5. The van der Waals surface area contributed by atoms with Crippen LogP contribution in [0.15, 0.2) is 5.51 Å². The number of nitrogens with one attached hydrogen (secondary N) is 1. The van der Waals surface area contributed by atoms with Gasteiger partial charge in [0.25, 0.3) is 0 Å². The number of hydrogen-bond donors (Lipinski definition) is 1. The minimum absolute atomic E-state index is 0.0638. The zero-order chi connectivity index (χ0) is 16.9. The van der Waals surface area contributed by atoms with Gasteiger partial charge in [-0.2, -0.15) is 0 Å². The average molecular weight is 353 g/mol. The summed E-state index contributed by atoms with van der Waals surface area (Å²) in [6.45, 7) is 7.21. The van der Waals surface area contributed by atoms with Crippen LogP contribution in [-0.4, -0.2) is 66.8 Å². The molecule has 0 aliphatic carbocycles. The van der Waals surface area contributed by atoms with Crippen molar-refractivity contribution < 1.29 is 9.53 Å². The molecule has 3 heterocycles. The number of carbonyl (C=O) groups excluding carboxylic acids is 1. The Balaban J connectivity index is 1.38. The van der Waals surface area contributed by atoms with E-state index in [0.717, 1.165) is 57.7 Å². The van der Waals surface area contributed by atoms with Crippen molar-refractivity contribution in [3.8, 4) is 0 Å². The summed E-state index contributed by atoms with van der Waals surface area (Å²) in [5.41, 5.74) is 3.04. The molecule has 7 heteroatoms. The van der Waals surface area contributed by atoms with E-state index >= 15 is 0 Å². The SMILES string of the molecule is Cc1ncsc1CN(C)C[C@H]1CCN(C(=O)NC[C@H]2CCCO2)C1. The maximum atomic E-state index is 12.3. The smallest absolute Gasteiger partial charge is 0.317 e. The molecule has 0 saturated carbocycles. The average Bonchev–Trinajstić information content (AvgIpc) is 3.28. The molecule has 2 aliphatic heterocycles. The van der Waals surface area contributed by atoms with E-state index in [4.69, 9.17) is 4.74 Å². The summed E-state index contributed by atoms with van der Waals surface area (Å²) in [7, 11) is 2.15. The van der Waals surface area contributed by atoms with Crippen LogP contribution in [-0.2, 0) is 11.3 Å². The number of thiazole rings is 1. The Labute approximate surface area is 148 Å². The summed E-state index contributed by atoms with van der Waals surface area (Å²) in [5.74, 6) is 0.553. The lowest BCUT2D eigenvalue weighted by atomic mass is 10.1. The van der Waals surface area contributed by atoms with Crippen molar-refractivity contribution in [2.45, 2.75) is 38.8 Å². The van der Waals surface area contributed by atoms with Gasteiger partial charge in [0.2, 0.25) is 0 Å². The number of ether oxygens (including phenoxy) is 1. The first-order chi connectivity index (χ1) is 11.6. The van der Waals surface area contributed by atoms with Crippen molar-refractivity contribution in [1.82, 2.24) is 20.1 Å². The van der Waals surface area contributed by atoms with Crippen molar-refractivity contribution in [2.24, 2.45) is 5.92 Å². The molecule has 134 valence electrons. The molecule has 1 aromatic rings. The van der Waals surface area contributed by atoms with Gasteiger partial charge in [-0.3, -0.25) is 0 Å². The van der Waals surface area contributed by atoms with Crippen LogP contribution in [0.25, 0.3) is 0 Å². The molecular weight excluding hydrogens is 324 g/mol. The minimum atomic E-state index is 0.0638. The van der Waals surface area contributed by atoms with Gasteiger partial charge in [-0.05, 0) is 39.2 Å². The third-order valence-corrected chi connectivity index (χ3v) is 5.83. The maximum absolute atomic E-state index is 12.3. The van der Waals surface area contributed by atoms with Crippen molar-refractivity contribution in [1.29, 1.82) is 0 Å². The zero-order valence-electron chi connectivity index (χ0n) is 14.7. The van der Waals surface area contributed by atoms with Gasteiger partial charge < -0.3 is 19.9 Å². The van der Waals surface area contributed by atoms with Gasteiger partial charge >= 0.3 is 6.03 Å². The molecule has 2 amide bonds. The Hall–Kier alpha value is -1.18. The second-order valence-corrected chi connectivity index (χ2v) is 7.92. The predicted octanol–water partition coefficient (Wildman–Crippen LogP) is 2.09. The summed E-state index contributed by atoms with van der Waals surface area (Å²) in [5, 5.41) is 3.03. The van der Waals surface area contributed by atoms with Crippen molar-refractivity contribution >= 4 is 17.4 Å². The molecule has 0 spiro atoms. The Morgan fingerprint density at radius 3 is 3.12 bits per heavy atom. The molecule has 6 nitrogen and oxygen atoms in total. The number of rotatable bonds is 6. The normalized spacial score (nSPS) is 24.0. The monoisotopic (exact) mass is 352 g/mol. The number of likely N-dealkylation sites (tertiary alicyclic amines) is 1. The fourth-order valence-corrected chi connectivity index (χ4v) is 4.37. The maximum Gasteiger partial charge on any atom is 0.317 e. The van der Waals surface area contributed by atoms with Crippen molar-refractivity contribution in [3.63, 3.8) is 0 Å². The van der Waals surface area contributed by atoms with Crippen LogP contribution in [0.4, 0.5) is 4.79 Å². The molecule has 0 radical (unpaired) electrons. The van der Waals surface area contributed by atoms with E-state index < -0.39 is 0 Å². The molecule has 0 aromatic carbocycles. The minimum Gasteiger partial charge on any atom is -0.376 e. The first-order valence-electron chi connectivity index (χ1n) is 8.83. The Morgan fingerprint density at radius 1 is 1.54 bits per heavy atom. The Kier molecular flexibility index (Phi) is 6.08. The van der Waals surface area contributed by atoms with Crippen LogP contribution in [0.5, 0.6) is 0 Å². The highest BCUT2D eigenvalue weighted by atomic mass is 32.1. The van der Waals surface area contributed by atoms with Crippen LogP contribution in [0.1, 0.15) is 29.8 Å². The third kappa shape index (κ3) is 4.68. The summed E-state index contributed by atoms with van der Waals surface area (Å²) >= 11 is 1.72. The lowest BCUT2D eigenvalue weighted by Crippen LogP contribution is -2.42. The molecule has 24 heavy (non-hydrogen) atoms. The second-order valence-electron chi connectivity index (χ2n) is 6.98. The van der Waals surface area contributed by atoms with E-state index in [1.165, 1.54) is 4.88 Å². The van der Waals surface area contributed by atoms with Crippen LogP contribution >= 0.6 is 11.3 Å². The molecule has 2 fully saturated rings. The van der Waals surface area contributed by atoms with Gasteiger partial charge in [0.1, 0.15) is 0 Å². The van der Waals surface area contributed by atoms with Crippen LogP contribution in [0.3, 0.4) is 0 Å². The van der Waals surface area contributed by atoms with E-state index in [2.05, 4.69) is 29.2 Å². The topological polar surface area (TPSA) is 57.7 Å². The Bertz CT molecular complexity index is 544. The van der Waals surface area contributed by atoms with E-state index in [0.29, 0.717) is 12.5 Å². The highest BCUT2D eigenvalue weighted by Crippen LogP contribution is 2.20. The van der Waals surface area contributed by atoms with Gasteiger partial charge in [0, 0.05) is 44.2 Å². The van der Waals surface area contributed by atoms with Gasteiger partial charge in [0.15, 0.2) is 0 Å². The van der Waals surface area contributed by atoms with Crippen molar-refractivity contribution in [2.75, 3.05) is 39.8 Å². The molecule has 2 atom stereocenters. The molecule has 1 aromatic heterocycles. The fourth-order valence-electron chi connectivity index (χ4n) is 3.51. The molecule has 3 rings (SSSR count). The fraction of sp³-hybridized carbons (Fsp3) is 0.765. The van der Waals surface area contributed by atoms with Gasteiger partial charge in [0.05, 0.1) is 17.3 Å². The highest BCUT2D eigenvalue weighted by molar-refractivity contribution is 7.09. The lowest BCUT2D eigenvalue weighted by Gasteiger charge is -2.22. The molecule has 0 bridgehead atoms. The first kappa shape index (κ1) is 17.6. The first-order valence-corrected chi connectivity index (χ1v) is 9.71. The standard InChI is InChI=1S/C17H28N4O2S/c1-13-16(24-12-19-13)11-20(2)9-14-5-6-21(10-14)17(22)18-8-15-4-3-7-23-15/h12,14-15H,3-11H2,1-2H3,(H,18,22)/t14-,15-/m1/s1. The van der Waals surface area contributed by atoms with Gasteiger partial charge in [-0.1, -0.05) is 0 Å². The van der Waals surface area contributed by atoms with Crippen LogP contribution < -0.4 is 5.32 Å². The van der Waals surface area contributed by atoms with E-state index in [1.807, 2.05) is 10.4 Å². The number of aryl methyl sites for hydroxylation is 1. The number of carbonyl (C=O) groups is 1.